The van der Waals surface area contributed by atoms with Crippen LogP contribution in [0.25, 0.3) is 22.1 Å². The number of nitrogens with one attached hydrogen (secondary N) is 2. The summed E-state index contributed by atoms with van der Waals surface area (Å²) in [5, 5.41) is 0. The van der Waals surface area contributed by atoms with Gasteiger partial charge in [-0.25, -0.2) is 19.6 Å². The quantitative estimate of drug-likeness (QED) is 0.160. The van der Waals surface area contributed by atoms with Crippen molar-refractivity contribution in [2.75, 3.05) is 27.3 Å². The maximum Gasteiger partial charge on any atom is 0.410 e. The van der Waals surface area contributed by atoms with Crippen molar-refractivity contribution in [3.8, 4) is 11.8 Å². The van der Waals surface area contributed by atoms with E-state index in [9.17, 15) is 9.59 Å². The summed E-state index contributed by atoms with van der Waals surface area (Å²) in [6.45, 7) is 1.21. The summed E-state index contributed by atoms with van der Waals surface area (Å²) in [5.74, 6) is 7.89. The van der Waals surface area contributed by atoms with Crippen LogP contribution in [0, 0.1) is 11.8 Å². The molecule has 0 bridgehead atoms. The second kappa shape index (κ2) is 15.4. The molecule has 12 heteroatoms. The molecule has 2 aliphatic rings. The summed E-state index contributed by atoms with van der Waals surface area (Å²) >= 11 is 0. The molecule has 12 nitrogen and oxygen atoms in total. The normalized spacial score (nSPS) is 19.6. The van der Waals surface area contributed by atoms with Crippen LogP contribution in [0.3, 0.4) is 0 Å². The minimum atomic E-state index is -0.405. The van der Waals surface area contributed by atoms with E-state index in [0.29, 0.717) is 37.6 Å². The number of H-pyrrole nitrogens is 2. The van der Waals surface area contributed by atoms with E-state index in [2.05, 4.69) is 21.8 Å². The second-order valence-electron chi connectivity index (χ2n) is 13.6. The SMILES string of the molecule is CO[C@@H]1C[C@@H](c2nc3cc(C#Cc4ccc5nc([C@@H]6C[C@@H](OC)CN6C(=O)OCc6ccccc6)[nH]c5c4)ccc3[nH]2)N(C(=O)OCc2ccccc2)C1. The molecule has 4 atom stereocenters. The molecule has 2 amide bonds. The first-order chi connectivity index (χ1) is 26.4. The molecule has 6 aromatic rings. The molecule has 0 saturated carbocycles. The summed E-state index contributed by atoms with van der Waals surface area (Å²) in [7, 11) is 3.31. The molecular weight excluding hydrogens is 684 g/mol. The van der Waals surface area contributed by atoms with Crippen LogP contribution in [-0.4, -0.2) is 81.4 Å². The molecule has 2 aliphatic heterocycles. The average Bonchev–Trinajstić information content (AvgIpc) is 4.02. The number of rotatable bonds is 8. The zero-order valence-electron chi connectivity index (χ0n) is 30.0. The molecule has 2 fully saturated rings. The van der Waals surface area contributed by atoms with Gasteiger partial charge in [0.25, 0.3) is 0 Å². The Morgan fingerprint density at radius 1 is 0.648 bits per heavy atom. The third-order valence-electron chi connectivity index (χ3n) is 10.1. The second-order valence-corrected chi connectivity index (χ2v) is 13.6. The van der Waals surface area contributed by atoms with E-state index in [1.807, 2.05) is 97.1 Å². The number of amides is 2. The highest BCUT2D eigenvalue weighted by Gasteiger charge is 2.40. The zero-order chi connectivity index (χ0) is 37.0. The van der Waals surface area contributed by atoms with Crippen molar-refractivity contribution in [2.45, 2.75) is 50.3 Å². The van der Waals surface area contributed by atoms with Crippen molar-refractivity contribution in [2.24, 2.45) is 0 Å². The third-order valence-corrected chi connectivity index (χ3v) is 10.1. The van der Waals surface area contributed by atoms with Gasteiger partial charge in [-0.1, -0.05) is 72.5 Å². The molecule has 274 valence electrons. The number of imidazole rings is 2. The summed E-state index contributed by atoms with van der Waals surface area (Å²) < 4.78 is 22.6. The molecule has 54 heavy (non-hydrogen) atoms. The van der Waals surface area contributed by atoms with E-state index in [4.69, 9.17) is 28.9 Å². The first-order valence-corrected chi connectivity index (χ1v) is 18.0. The average molecular weight is 725 g/mol. The van der Waals surface area contributed by atoms with Crippen molar-refractivity contribution in [1.29, 1.82) is 0 Å². The summed E-state index contributed by atoms with van der Waals surface area (Å²) in [6, 6.07) is 30.2. The van der Waals surface area contributed by atoms with Gasteiger partial charge >= 0.3 is 12.2 Å². The Bertz CT molecular complexity index is 2170. The Kier molecular flexibility index (Phi) is 9.98. The molecule has 0 radical (unpaired) electrons. The van der Waals surface area contributed by atoms with Gasteiger partial charge in [-0.05, 0) is 47.5 Å². The van der Waals surface area contributed by atoms with E-state index in [1.165, 1.54) is 0 Å². The van der Waals surface area contributed by atoms with E-state index < -0.39 is 12.2 Å². The van der Waals surface area contributed by atoms with Crippen molar-refractivity contribution >= 4 is 34.3 Å². The minimum absolute atomic E-state index is 0.127. The standard InChI is InChI=1S/C42H40N6O6/c1-51-31-21-37(47(23-31)41(49)53-25-29-9-5-3-6-10-29)39-43-33-17-15-27(19-35(33)45-39)13-14-28-16-18-34-36(20-28)46-40(44-34)38-22-32(52-2)24-48(38)42(50)54-26-30-11-7-4-8-12-30/h3-12,15-20,31-32,37-38H,21-26H2,1-2H3,(H,43,45)(H,44,46)/t31-,32-,37+,38+/m1/s1. The molecule has 2 aromatic heterocycles. The van der Waals surface area contributed by atoms with Crippen LogP contribution < -0.4 is 0 Å². The van der Waals surface area contributed by atoms with E-state index in [0.717, 1.165) is 44.3 Å². The molecule has 4 aromatic carbocycles. The number of hydrogen-bond acceptors (Lipinski definition) is 8. The lowest BCUT2D eigenvalue weighted by Gasteiger charge is -2.22. The topological polar surface area (TPSA) is 135 Å². The number of aromatic amines is 2. The summed E-state index contributed by atoms with van der Waals surface area (Å²) in [6.07, 6.45) is 0.141. The lowest BCUT2D eigenvalue weighted by molar-refractivity contribution is 0.0792. The lowest BCUT2D eigenvalue weighted by Crippen LogP contribution is -2.32. The third kappa shape index (κ3) is 7.50. The van der Waals surface area contributed by atoms with Crippen LogP contribution in [0.15, 0.2) is 97.1 Å². The highest BCUT2D eigenvalue weighted by Crippen LogP contribution is 2.35. The van der Waals surface area contributed by atoms with E-state index in [-0.39, 0.29) is 37.5 Å². The molecule has 8 rings (SSSR count). The highest BCUT2D eigenvalue weighted by atomic mass is 16.6. The lowest BCUT2D eigenvalue weighted by atomic mass is 10.1. The minimum Gasteiger partial charge on any atom is -0.445 e. The molecule has 2 saturated heterocycles. The first kappa shape index (κ1) is 34.9. The Morgan fingerprint density at radius 2 is 1.15 bits per heavy atom. The molecule has 0 aliphatic carbocycles. The summed E-state index contributed by atoms with van der Waals surface area (Å²) in [4.78, 5) is 46.3. The van der Waals surface area contributed by atoms with Gasteiger partial charge in [0.2, 0.25) is 0 Å². The van der Waals surface area contributed by atoms with Gasteiger partial charge in [0.15, 0.2) is 0 Å². The predicted octanol–water partition coefficient (Wildman–Crippen LogP) is 7.04. The van der Waals surface area contributed by atoms with Crippen LogP contribution in [0.5, 0.6) is 0 Å². The Morgan fingerprint density at radius 3 is 1.70 bits per heavy atom. The molecular formula is C42H40N6O6. The molecule has 2 N–H and O–H groups in total. The number of ether oxygens (including phenoxy) is 4. The predicted molar refractivity (Wildman–Crippen MR) is 201 cm³/mol. The van der Waals surface area contributed by atoms with Gasteiger partial charge in [-0.3, -0.25) is 9.80 Å². The number of benzene rings is 4. The van der Waals surface area contributed by atoms with Crippen LogP contribution in [0.4, 0.5) is 9.59 Å². The van der Waals surface area contributed by atoms with E-state index >= 15 is 0 Å². The number of carbonyl (C=O) groups excluding carboxylic acids is 2. The number of hydrogen-bond donors (Lipinski definition) is 2. The maximum atomic E-state index is 13.2. The fraction of sp³-hybridized carbons (Fsp3) is 0.286. The first-order valence-electron chi connectivity index (χ1n) is 18.0. The number of nitrogens with zero attached hydrogens (tertiary/aromatic N) is 4. The Balaban J connectivity index is 0.966. The Labute approximate surface area is 312 Å². The van der Waals surface area contributed by atoms with Crippen LogP contribution in [0.1, 0.15) is 58.8 Å². The number of carbonyl (C=O) groups is 2. The molecule has 4 heterocycles. The van der Waals surface area contributed by atoms with Gasteiger partial charge in [0, 0.05) is 38.2 Å². The van der Waals surface area contributed by atoms with E-state index in [1.54, 1.807) is 24.0 Å². The summed E-state index contributed by atoms with van der Waals surface area (Å²) in [5.41, 5.74) is 6.65. The number of methoxy groups -OCH3 is 2. The maximum absolute atomic E-state index is 13.2. The monoisotopic (exact) mass is 724 g/mol. The van der Waals surface area contributed by atoms with Gasteiger partial charge in [0.05, 0.1) is 59.4 Å². The van der Waals surface area contributed by atoms with Gasteiger partial charge in [-0.2, -0.15) is 0 Å². The molecule has 0 spiro atoms. The fourth-order valence-corrected chi connectivity index (χ4v) is 7.13. The van der Waals surface area contributed by atoms with Crippen molar-refractivity contribution in [3.05, 3.63) is 131 Å². The number of fused-ring (bicyclic) bond motifs is 2. The molecule has 0 unspecified atom stereocenters. The van der Waals surface area contributed by atoms with Crippen molar-refractivity contribution in [1.82, 2.24) is 29.7 Å². The van der Waals surface area contributed by atoms with Gasteiger partial charge in [-0.15, -0.1) is 0 Å². The van der Waals surface area contributed by atoms with Crippen LogP contribution >= 0.6 is 0 Å². The smallest absolute Gasteiger partial charge is 0.410 e. The Hall–Kier alpha value is -6.16. The van der Waals surface area contributed by atoms with Crippen LogP contribution in [-0.2, 0) is 32.2 Å². The number of likely N-dealkylation sites (tertiary alicyclic amines) is 2. The van der Waals surface area contributed by atoms with Gasteiger partial charge in [0.1, 0.15) is 24.9 Å². The highest BCUT2D eigenvalue weighted by molar-refractivity contribution is 5.79. The zero-order valence-corrected chi connectivity index (χ0v) is 30.0. The van der Waals surface area contributed by atoms with Crippen molar-refractivity contribution < 1.29 is 28.5 Å². The fourth-order valence-electron chi connectivity index (χ4n) is 7.13. The van der Waals surface area contributed by atoms with Crippen LogP contribution in [0.2, 0.25) is 0 Å². The van der Waals surface area contributed by atoms with Crippen molar-refractivity contribution in [3.63, 3.8) is 0 Å². The van der Waals surface area contributed by atoms with Gasteiger partial charge < -0.3 is 28.9 Å². The largest absolute Gasteiger partial charge is 0.445 e. The number of aromatic nitrogens is 4.